The third kappa shape index (κ3) is 2.78. The summed E-state index contributed by atoms with van der Waals surface area (Å²) in [5.74, 6) is 1.54. The van der Waals surface area contributed by atoms with Crippen molar-refractivity contribution in [3.05, 3.63) is 30.4 Å². The highest BCUT2D eigenvalue weighted by molar-refractivity contribution is 7.91. The topological polar surface area (TPSA) is 51.9 Å². The predicted octanol–water partition coefficient (Wildman–Crippen LogP) is 1.65. The second-order valence-electron chi connectivity index (χ2n) is 5.34. The lowest BCUT2D eigenvalue weighted by molar-refractivity contribution is 0.122. The predicted molar refractivity (Wildman–Crippen MR) is 90.1 cm³/mol. The van der Waals surface area contributed by atoms with Crippen molar-refractivity contribution in [2.24, 2.45) is 0 Å². The van der Waals surface area contributed by atoms with E-state index < -0.39 is 0 Å². The van der Waals surface area contributed by atoms with Gasteiger partial charge in [-0.25, -0.2) is 9.97 Å². The molecule has 0 N–H and O–H groups in total. The zero-order valence-electron chi connectivity index (χ0n) is 13.2. The van der Waals surface area contributed by atoms with Gasteiger partial charge in [0, 0.05) is 25.5 Å². The quantitative estimate of drug-likeness (QED) is 0.633. The molecule has 0 spiro atoms. The maximum atomic E-state index is 5.79. The van der Waals surface area contributed by atoms with E-state index in [1.807, 2.05) is 30.0 Å². The minimum atomic E-state index is -0.174. The molecule has 3 rings (SSSR count). The number of hydrogen-bond acceptors (Lipinski definition) is 5. The Balaban J connectivity index is 2.05. The number of anilines is 1. The molecule has 2 aromatic rings. The molecule has 0 radical (unpaired) electrons. The van der Waals surface area contributed by atoms with Gasteiger partial charge in [-0.1, -0.05) is 0 Å². The van der Waals surface area contributed by atoms with Crippen LogP contribution in [-0.2, 0) is 20.1 Å². The largest absolute Gasteiger partial charge is 0.378 e. The van der Waals surface area contributed by atoms with Crippen molar-refractivity contribution < 1.29 is 8.92 Å². The van der Waals surface area contributed by atoms with Gasteiger partial charge in [0.25, 0.3) is 0 Å². The molecular formula is C15H21N4O2S+. The molecule has 1 saturated heterocycles. The third-order valence-corrected chi connectivity index (χ3v) is 4.07. The molecule has 118 valence electrons. The Kier molecular flexibility index (Phi) is 4.26. The van der Waals surface area contributed by atoms with Crippen LogP contribution in [-0.4, -0.2) is 53.2 Å². The van der Waals surface area contributed by atoms with Crippen LogP contribution < -0.4 is 4.90 Å². The van der Waals surface area contributed by atoms with E-state index >= 15 is 0 Å². The van der Waals surface area contributed by atoms with Gasteiger partial charge in [-0.15, -0.1) is 0 Å². The summed E-state index contributed by atoms with van der Waals surface area (Å²) in [5.41, 5.74) is 2.65. The lowest BCUT2D eigenvalue weighted by Crippen LogP contribution is -2.37. The highest BCUT2D eigenvalue weighted by Crippen LogP contribution is 2.26. The maximum absolute atomic E-state index is 5.79. The fourth-order valence-corrected chi connectivity index (χ4v) is 3.13. The summed E-state index contributed by atoms with van der Waals surface area (Å²) in [6.07, 6.45) is 7.74. The Labute approximate surface area is 133 Å². The Morgan fingerprint density at radius 2 is 2.09 bits per heavy atom. The molecule has 1 aliphatic rings. The number of imidazole rings is 1. The molecule has 1 aliphatic heterocycles. The van der Waals surface area contributed by atoms with Gasteiger partial charge >= 0.3 is 0 Å². The van der Waals surface area contributed by atoms with Gasteiger partial charge in [-0.3, -0.25) is 8.58 Å². The summed E-state index contributed by atoms with van der Waals surface area (Å²) in [7, 11) is 0. The monoisotopic (exact) mass is 321 g/mol. The first-order chi connectivity index (χ1) is 10.6. The molecule has 2 aromatic heterocycles. The Morgan fingerprint density at radius 3 is 2.77 bits per heavy atom. The van der Waals surface area contributed by atoms with Crippen LogP contribution in [0.1, 0.15) is 11.4 Å². The van der Waals surface area contributed by atoms with Crippen LogP contribution in [0.4, 0.5) is 5.82 Å². The van der Waals surface area contributed by atoms with Crippen molar-refractivity contribution in [3.8, 4) is 0 Å². The highest BCUT2D eigenvalue weighted by atomic mass is 32.2. The van der Waals surface area contributed by atoms with Gasteiger partial charge in [-0.2, -0.15) is 0 Å². The lowest BCUT2D eigenvalue weighted by atomic mass is 10.3. The van der Waals surface area contributed by atoms with E-state index in [9.17, 15) is 0 Å². The fraction of sp³-hybridized carbons (Fsp3) is 0.467. The molecule has 0 amide bonds. The number of hydrogen-bond donors (Lipinski definition) is 0. The first kappa shape index (κ1) is 15.2. The zero-order chi connectivity index (χ0) is 15.7. The molecule has 7 heteroatoms. The average Bonchev–Trinajstić information content (AvgIpc) is 2.83. The van der Waals surface area contributed by atoms with Gasteiger partial charge in [-0.05, 0) is 13.5 Å². The molecule has 0 atom stereocenters. The molecule has 6 nitrogen and oxygen atoms in total. The Hall–Kier alpha value is -1.73. The number of morpholine rings is 1. The fourth-order valence-electron chi connectivity index (χ4n) is 2.65. The number of aryl methyl sites for hydroxylation is 1. The van der Waals surface area contributed by atoms with Crippen LogP contribution in [0.5, 0.6) is 0 Å². The Morgan fingerprint density at radius 1 is 1.36 bits per heavy atom. The number of rotatable bonds is 4. The van der Waals surface area contributed by atoms with Gasteiger partial charge in [0.15, 0.2) is 22.6 Å². The van der Waals surface area contributed by atoms with Gasteiger partial charge in [0.1, 0.15) is 18.2 Å². The average molecular weight is 321 g/mol. The number of nitrogens with zero attached hydrogens (tertiary/aromatic N) is 4. The van der Waals surface area contributed by atoms with E-state index in [-0.39, 0.29) is 11.2 Å². The molecule has 3 heterocycles. The molecule has 1 fully saturated rings. The molecule has 22 heavy (non-hydrogen) atoms. The van der Waals surface area contributed by atoms with E-state index in [1.54, 1.807) is 6.20 Å². The molecule has 0 unspecified atom stereocenters. The van der Waals surface area contributed by atoms with Crippen molar-refractivity contribution in [2.75, 3.05) is 43.7 Å². The van der Waals surface area contributed by atoms with E-state index in [2.05, 4.69) is 16.5 Å². The first-order valence-electron chi connectivity index (χ1n) is 7.19. The van der Waals surface area contributed by atoms with E-state index in [0.717, 1.165) is 49.2 Å². The third-order valence-electron chi connectivity index (χ3n) is 3.54. The second-order valence-corrected chi connectivity index (χ2v) is 6.99. The number of aromatic nitrogens is 3. The molecule has 0 saturated carbocycles. The summed E-state index contributed by atoms with van der Waals surface area (Å²) in [6, 6.07) is 0. The van der Waals surface area contributed by atoms with Gasteiger partial charge < -0.3 is 9.64 Å². The zero-order valence-corrected chi connectivity index (χ0v) is 14.0. The molecule has 0 aliphatic carbocycles. The molecular weight excluding hydrogens is 300 g/mol. The standard InChI is InChI=1S/C15H21N4O2S/c1-11-13(12(2)21-22(3)4)19-6-5-16-14(15(19)17-11)18-7-9-20-10-8-18/h5-6H,2,7-10H2,1,3-4H3/q+1. The SMILES string of the molecule is C=C(O[S+](C)C)c1c(C)nc2c(N3CCOCC3)nccn12. The summed E-state index contributed by atoms with van der Waals surface area (Å²) in [4.78, 5) is 11.4. The minimum Gasteiger partial charge on any atom is -0.378 e. The smallest absolute Gasteiger partial charge is 0.206 e. The maximum Gasteiger partial charge on any atom is 0.206 e. The summed E-state index contributed by atoms with van der Waals surface area (Å²) in [5, 5.41) is 0. The normalized spacial score (nSPS) is 15.5. The van der Waals surface area contributed by atoms with Crippen LogP contribution in [0.15, 0.2) is 19.0 Å². The van der Waals surface area contributed by atoms with Crippen molar-refractivity contribution in [1.82, 2.24) is 14.4 Å². The van der Waals surface area contributed by atoms with Crippen LogP contribution >= 0.6 is 0 Å². The van der Waals surface area contributed by atoms with Crippen molar-refractivity contribution in [1.29, 1.82) is 0 Å². The number of ether oxygens (including phenoxy) is 1. The van der Waals surface area contributed by atoms with E-state index in [1.165, 1.54) is 0 Å². The minimum absolute atomic E-state index is 0.174. The van der Waals surface area contributed by atoms with Gasteiger partial charge in [0.05, 0.1) is 18.9 Å². The van der Waals surface area contributed by atoms with Crippen LogP contribution in [0.25, 0.3) is 11.4 Å². The van der Waals surface area contributed by atoms with Crippen molar-refractivity contribution >= 4 is 28.4 Å². The van der Waals surface area contributed by atoms with Crippen LogP contribution in [0, 0.1) is 6.92 Å². The lowest BCUT2D eigenvalue weighted by Gasteiger charge is -2.27. The van der Waals surface area contributed by atoms with Crippen LogP contribution in [0.3, 0.4) is 0 Å². The summed E-state index contributed by atoms with van der Waals surface area (Å²) in [6.45, 7) is 9.14. The van der Waals surface area contributed by atoms with Gasteiger partial charge in [0.2, 0.25) is 5.76 Å². The Bertz CT molecular complexity index is 692. The highest BCUT2D eigenvalue weighted by Gasteiger charge is 2.22. The number of fused-ring (bicyclic) bond motifs is 1. The first-order valence-corrected chi connectivity index (χ1v) is 9.16. The molecule has 0 aromatic carbocycles. The van der Waals surface area contributed by atoms with Crippen molar-refractivity contribution in [2.45, 2.75) is 6.92 Å². The van der Waals surface area contributed by atoms with Crippen molar-refractivity contribution in [3.63, 3.8) is 0 Å². The van der Waals surface area contributed by atoms with Crippen LogP contribution in [0.2, 0.25) is 0 Å². The summed E-state index contributed by atoms with van der Waals surface area (Å²) < 4.78 is 13.2. The second kappa shape index (κ2) is 6.18. The molecule has 0 bridgehead atoms. The van der Waals surface area contributed by atoms with E-state index in [0.29, 0.717) is 5.76 Å². The van der Waals surface area contributed by atoms with E-state index in [4.69, 9.17) is 13.9 Å². The summed E-state index contributed by atoms with van der Waals surface area (Å²) >= 11 is -0.174.